The fraction of sp³-hybridized carbons (Fsp3) is 0.520. The van der Waals surface area contributed by atoms with Crippen molar-refractivity contribution in [1.29, 1.82) is 0 Å². The lowest BCUT2D eigenvalue weighted by atomic mass is 9.85. The van der Waals surface area contributed by atoms with Gasteiger partial charge in [-0.05, 0) is 49.8 Å². The van der Waals surface area contributed by atoms with Crippen molar-refractivity contribution in [3.63, 3.8) is 0 Å². The summed E-state index contributed by atoms with van der Waals surface area (Å²) < 4.78 is 0. The third-order valence-electron chi connectivity index (χ3n) is 6.14. The molecule has 1 saturated heterocycles. The molecular formula is C25H33N3O4. The Labute approximate surface area is 189 Å². The summed E-state index contributed by atoms with van der Waals surface area (Å²) in [5.74, 6) is -1.80. The molecule has 2 N–H and O–H groups in total. The zero-order valence-corrected chi connectivity index (χ0v) is 19.5. The number of likely N-dealkylation sites (tertiary alicyclic amines) is 1. The molecule has 1 aromatic rings. The van der Waals surface area contributed by atoms with Crippen LogP contribution in [0, 0.1) is 30.6 Å². The Balaban J connectivity index is 1.84. The lowest BCUT2D eigenvalue weighted by Gasteiger charge is -2.27. The molecule has 7 heteroatoms. The number of benzene rings is 1. The van der Waals surface area contributed by atoms with Gasteiger partial charge in [-0.25, -0.2) is 0 Å². The molecule has 3 atom stereocenters. The van der Waals surface area contributed by atoms with E-state index in [-0.39, 0.29) is 47.3 Å². The second kappa shape index (κ2) is 9.67. The van der Waals surface area contributed by atoms with Gasteiger partial charge in [0.15, 0.2) is 0 Å². The van der Waals surface area contributed by atoms with Gasteiger partial charge in [0, 0.05) is 17.3 Å². The van der Waals surface area contributed by atoms with Crippen molar-refractivity contribution in [1.82, 2.24) is 4.90 Å². The summed E-state index contributed by atoms with van der Waals surface area (Å²) in [5, 5.41) is 5.74. The Kier molecular flexibility index (Phi) is 7.16. The number of imide groups is 1. The van der Waals surface area contributed by atoms with Crippen molar-refractivity contribution in [2.24, 2.45) is 23.7 Å². The second-order valence-corrected chi connectivity index (χ2v) is 9.51. The normalized spacial score (nSPS) is 21.2. The Bertz CT molecular complexity index is 925. The first-order valence-corrected chi connectivity index (χ1v) is 11.3. The van der Waals surface area contributed by atoms with Crippen LogP contribution >= 0.6 is 0 Å². The molecule has 2 aliphatic rings. The van der Waals surface area contributed by atoms with E-state index >= 15 is 0 Å². The Morgan fingerprint density at radius 3 is 2.09 bits per heavy atom. The van der Waals surface area contributed by atoms with E-state index in [1.54, 1.807) is 26.0 Å². The van der Waals surface area contributed by atoms with Gasteiger partial charge in [-0.2, -0.15) is 0 Å². The number of rotatable bonds is 7. The minimum Gasteiger partial charge on any atom is -0.326 e. The lowest BCUT2D eigenvalue weighted by Crippen LogP contribution is -2.48. The molecule has 0 aromatic heterocycles. The van der Waals surface area contributed by atoms with Crippen LogP contribution < -0.4 is 10.6 Å². The average Bonchev–Trinajstić information content (AvgIpc) is 2.99. The van der Waals surface area contributed by atoms with Crippen molar-refractivity contribution in [3.05, 3.63) is 35.9 Å². The predicted molar refractivity (Wildman–Crippen MR) is 124 cm³/mol. The van der Waals surface area contributed by atoms with Crippen LogP contribution in [0.5, 0.6) is 0 Å². The van der Waals surface area contributed by atoms with Gasteiger partial charge in [-0.15, -0.1) is 0 Å². The largest absolute Gasteiger partial charge is 0.326 e. The molecule has 32 heavy (non-hydrogen) atoms. The van der Waals surface area contributed by atoms with Crippen LogP contribution in [0.3, 0.4) is 0 Å². The van der Waals surface area contributed by atoms with Crippen LogP contribution in [0.2, 0.25) is 0 Å². The van der Waals surface area contributed by atoms with Crippen LogP contribution in [-0.2, 0) is 19.2 Å². The molecule has 1 aliphatic heterocycles. The molecule has 4 amide bonds. The van der Waals surface area contributed by atoms with Crippen LogP contribution in [0.15, 0.2) is 30.4 Å². The maximum Gasteiger partial charge on any atom is 0.247 e. The summed E-state index contributed by atoms with van der Waals surface area (Å²) in [7, 11) is 0. The first-order valence-electron chi connectivity index (χ1n) is 11.3. The zero-order valence-electron chi connectivity index (χ0n) is 19.5. The van der Waals surface area contributed by atoms with E-state index in [1.165, 1.54) is 4.90 Å². The number of hydrogen-bond acceptors (Lipinski definition) is 4. The average molecular weight is 440 g/mol. The summed E-state index contributed by atoms with van der Waals surface area (Å²) in [4.78, 5) is 52.8. The number of allylic oxidation sites excluding steroid dienone is 2. The summed E-state index contributed by atoms with van der Waals surface area (Å²) >= 11 is 0. The minimum atomic E-state index is -0.867. The molecule has 3 rings (SSSR count). The quantitative estimate of drug-likeness (QED) is 0.498. The second-order valence-electron chi connectivity index (χ2n) is 9.51. The number of amides is 4. The highest BCUT2D eigenvalue weighted by molar-refractivity contribution is 6.10. The van der Waals surface area contributed by atoms with Crippen LogP contribution in [0.1, 0.15) is 52.5 Å². The zero-order chi connectivity index (χ0) is 23.6. The van der Waals surface area contributed by atoms with Gasteiger partial charge in [0.05, 0.1) is 11.8 Å². The summed E-state index contributed by atoms with van der Waals surface area (Å²) in [6.45, 7) is 9.40. The third-order valence-corrected chi connectivity index (χ3v) is 6.14. The number of nitrogens with one attached hydrogen (secondary N) is 2. The predicted octanol–water partition coefficient (Wildman–Crippen LogP) is 3.89. The van der Waals surface area contributed by atoms with Gasteiger partial charge in [0.1, 0.15) is 6.04 Å². The van der Waals surface area contributed by atoms with Gasteiger partial charge in [0.2, 0.25) is 23.6 Å². The summed E-state index contributed by atoms with van der Waals surface area (Å²) in [6, 6.07) is 4.43. The molecule has 7 nitrogen and oxygen atoms in total. The summed E-state index contributed by atoms with van der Waals surface area (Å²) in [5.41, 5.74) is 1.94. The molecule has 1 aromatic carbocycles. The number of nitrogens with zero attached hydrogens (tertiary/aromatic N) is 1. The molecule has 3 unspecified atom stereocenters. The van der Waals surface area contributed by atoms with Gasteiger partial charge in [-0.3, -0.25) is 24.1 Å². The molecule has 0 radical (unpaired) electrons. The van der Waals surface area contributed by atoms with Crippen molar-refractivity contribution < 1.29 is 19.2 Å². The van der Waals surface area contributed by atoms with E-state index in [9.17, 15) is 19.2 Å². The van der Waals surface area contributed by atoms with Crippen molar-refractivity contribution in [2.45, 2.75) is 59.9 Å². The molecule has 1 fully saturated rings. The maximum absolute atomic E-state index is 13.4. The standard InChI is InChI=1S/C25H33N3O4/c1-14(2)12-21(28-24(31)18-8-6-7-9-19(18)25(28)32)23(30)27-20-13-17(11-10-16(20)5)26-22(29)15(3)4/h6-7,10-11,13-15,18-19,21H,8-9,12H2,1-5H3,(H,26,29)(H,27,30). The SMILES string of the molecule is Cc1ccc(NC(=O)C(C)C)cc1NC(=O)C(CC(C)C)N1C(=O)C2CC=CCC2C1=O. The van der Waals surface area contributed by atoms with Gasteiger partial charge >= 0.3 is 0 Å². The minimum absolute atomic E-state index is 0.116. The van der Waals surface area contributed by atoms with Crippen molar-refractivity contribution in [2.75, 3.05) is 10.6 Å². The van der Waals surface area contributed by atoms with E-state index in [0.29, 0.717) is 30.6 Å². The van der Waals surface area contributed by atoms with Crippen molar-refractivity contribution >= 4 is 35.0 Å². The van der Waals surface area contributed by atoms with Crippen LogP contribution in [0.25, 0.3) is 0 Å². The van der Waals surface area contributed by atoms with Gasteiger partial charge < -0.3 is 10.6 Å². The fourth-order valence-corrected chi connectivity index (χ4v) is 4.25. The highest BCUT2D eigenvalue weighted by Gasteiger charge is 2.51. The van der Waals surface area contributed by atoms with Gasteiger partial charge in [0.25, 0.3) is 0 Å². The molecule has 0 saturated carbocycles. The molecule has 172 valence electrons. The first kappa shape index (κ1) is 23.7. The number of hydrogen-bond donors (Lipinski definition) is 2. The molecule has 0 bridgehead atoms. The van der Waals surface area contributed by atoms with Gasteiger partial charge in [-0.1, -0.05) is 45.9 Å². The van der Waals surface area contributed by atoms with E-state index < -0.39 is 6.04 Å². The van der Waals surface area contributed by atoms with Crippen LogP contribution in [-0.4, -0.2) is 34.6 Å². The third kappa shape index (κ3) is 4.92. The topological polar surface area (TPSA) is 95.6 Å². The maximum atomic E-state index is 13.4. The lowest BCUT2D eigenvalue weighted by molar-refractivity contribution is -0.147. The van der Waals surface area contributed by atoms with Crippen molar-refractivity contribution in [3.8, 4) is 0 Å². The highest BCUT2D eigenvalue weighted by atomic mass is 16.2. The van der Waals surface area contributed by atoms with E-state index in [1.807, 2.05) is 39.0 Å². The molecule has 1 aliphatic carbocycles. The van der Waals surface area contributed by atoms with Crippen LogP contribution in [0.4, 0.5) is 11.4 Å². The Hall–Kier alpha value is -2.96. The number of anilines is 2. The molecule has 1 heterocycles. The number of fused-ring (bicyclic) bond motifs is 1. The summed E-state index contributed by atoms with van der Waals surface area (Å²) in [6.07, 6.45) is 5.34. The van der Waals surface area contributed by atoms with E-state index in [0.717, 1.165) is 5.56 Å². The molecule has 0 spiro atoms. The van der Waals surface area contributed by atoms with E-state index in [4.69, 9.17) is 0 Å². The smallest absolute Gasteiger partial charge is 0.247 e. The highest BCUT2D eigenvalue weighted by Crippen LogP contribution is 2.37. The number of carbonyl (C=O) groups is 4. The monoisotopic (exact) mass is 439 g/mol. The fourth-order valence-electron chi connectivity index (χ4n) is 4.25. The number of aryl methyl sites for hydroxylation is 1. The Morgan fingerprint density at radius 1 is 0.969 bits per heavy atom. The number of carbonyl (C=O) groups excluding carboxylic acids is 4. The van der Waals surface area contributed by atoms with E-state index in [2.05, 4.69) is 10.6 Å². The molecular weight excluding hydrogens is 406 g/mol. The first-order chi connectivity index (χ1) is 15.1. The Morgan fingerprint density at radius 2 is 1.56 bits per heavy atom.